The van der Waals surface area contributed by atoms with E-state index in [1.807, 2.05) is 12.1 Å². The highest BCUT2D eigenvalue weighted by Crippen LogP contribution is 2.21. The molecule has 1 fully saturated rings. The molecule has 0 saturated heterocycles. The van der Waals surface area contributed by atoms with E-state index in [1.165, 1.54) is 0 Å². The van der Waals surface area contributed by atoms with Crippen molar-refractivity contribution in [3.8, 4) is 0 Å². The van der Waals surface area contributed by atoms with Crippen molar-refractivity contribution in [1.82, 2.24) is 10.3 Å². The summed E-state index contributed by atoms with van der Waals surface area (Å²) < 4.78 is 5.29. The van der Waals surface area contributed by atoms with Crippen molar-refractivity contribution < 1.29 is 9.53 Å². The fourth-order valence-corrected chi connectivity index (χ4v) is 2.25. The predicted molar refractivity (Wildman–Crippen MR) is 69.7 cm³/mol. The first-order valence-electron chi connectivity index (χ1n) is 6.21. The zero-order chi connectivity index (χ0) is 13.0. The monoisotopic (exact) mass is 249 g/mol. The lowest BCUT2D eigenvalue weighted by molar-refractivity contribution is 0.0910. The number of rotatable bonds is 4. The van der Waals surface area contributed by atoms with Crippen molar-refractivity contribution in [3.63, 3.8) is 0 Å². The fraction of sp³-hybridized carbons (Fsp3) is 0.538. The van der Waals surface area contributed by atoms with Gasteiger partial charge in [-0.1, -0.05) is 6.07 Å². The molecule has 0 aromatic carbocycles. The van der Waals surface area contributed by atoms with Crippen molar-refractivity contribution in [1.29, 1.82) is 0 Å². The van der Waals surface area contributed by atoms with Gasteiger partial charge in [0.2, 0.25) is 0 Å². The van der Waals surface area contributed by atoms with E-state index < -0.39 is 0 Å². The molecule has 1 aromatic rings. The average Bonchev–Trinajstić information content (AvgIpc) is 2.86. The molecule has 1 aliphatic rings. The van der Waals surface area contributed by atoms with Crippen LogP contribution in [0.1, 0.15) is 29.8 Å². The number of anilines is 1. The van der Waals surface area contributed by atoms with Crippen LogP contribution in [0.3, 0.4) is 0 Å². The Morgan fingerprint density at radius 3 is 2.94 bits per heavy atom. The molecule has 1 heterocycles. The molecule has 1 aromatic heterocycles. The Kier molecular flexibility index (Phi) is 4.15. The summed E-state index contributed by atoms with van der Waals surface area (Å²) in [6.45, 7) is 0. The number of hydrogen-bond donors (Lipinski definition) is 2. The third-order valence-corrected chi connectivity index (χ3v) is 3.29. The number of pyridine rings is 1. The molecule has 5 nitrogen and oxygen atoms in total. The first-order valence-corrected chi connectivity index (χ1v) is 6.21. The first kappa shape index (κ1) is 12.8. The molecule has 98 valence electrons. The number of hydrogen-bond acceptors (Lipinski definition) is 4. The summed E-state index contributed by atoms with van der Waals surface area (Å²) in [5.74, 6) is 0.581. The van der Waals surface area contributed by atoms with Crippen LogP contribution in [-0.2, 0) is 4.74 Å². The van der Waals surface area contributed by atoms with Crippen LogP contribution in [0.5, 0.6) is 0 Å². The predicted octanol–water partition coefficient (Wildman–Crippen LogP) is 1.42. The second-order valence-electron chi connectivity index (χ2n) is 4.50. The van der Waals surface area contributed by atoms with E-state index in [-0.39, 0.29) is 18.1 Å². The number of amides is 1. The lowest BCUT2D eigenvalue weighted by atomic mass is 10.2. The van der Waals surface area contributed by atoms with Gasteiger partial charge in [0.1, 0.15) is 11.5 Å². The van der Waals surface area contributed by atoms with Crippen LogP contribution in [0.2, 0.25) is 0 Å². The third kappa shape index (κ3) is 2.98. The topological polar surface area (TPSA) is 63.2 Å². The van der Waals surface area contributed by atoms with E-state index in [0.29, 0.717) is 11.5 Å². The van der Waals surface area contributed by atoms with Crippen molar-refractivity contribution >= 4 is 11.7 Å². The SMILES string of the molecule is CNc1cccc(C(=O)NC2CCC(OC)C2)n1. The van der Waals surface area contributed by atoms with E-state index >= 15 is 0 Å². The number of nitrogens with zero attached hydrogens (tertiary/aromatic N) is 1. The summed E-state index contributed by atoms with van der Waals surface area (Å²) in [7, 11) is 3.50. The molecule has 0 bridgehead atoms. The van der Waals surface area contributed by atoms with Crippen LogP contribution < -0.4 is 10.6 Å². The van der Waals surface area contributed by atoms with E-state index in [4.69, 9.17) is 4.74 Å². The summed E-state index contributed by atoms with van der Waals surface area (Å²) in [5, 5.41) is 5.92. The van der Waals surface area contributed by atoms with E-state index in [2.05, 4.69) is 15.6 Å². The Morgan fingerprint density at radius 2 is 2.28 bits per heavy atom. The Labute approximate surface area is 107 Å². The van der Waals surface area contributed by atoms with Crippen LogP contribution in [-0.4, -0.2) is 37.2 Å². The molecular formula is C13H19N3O2. The molecule has 0 radical (unpaired) electrons. The van der Waals surface area contributed by atoms with Gasteiger partial charge in [-0.2, -0.15) is 0 Å². The molecule has 1 saturated carbocycles. The molecule has 2 N–H and O–H groups in total. The Bertz CT molecular complexity index is 422. The van der Waals surface area contributed by atoms with Crippen molar-refractivity contribution in [2.24, 2.45) is 0 Å². The minimum absolute atomic E-state index is 0.117. The normalized spacial score (nSPS) is 22.8. The smallest absolute Gasteiger partial charge is 0.270 e. The highest BCUT2D eigenvalue weighted by Gasteiger charge is 2.26. The van der Waals surface area contributed by atoms with Crippen molar-refractivity contribution in [2.75, 3.05) is 19.5 Å². The molecule has 18 heavy (non-hydrogen) atoms. The second-order valence-corrected chi connectivity index (χ2v) is 4.50. The highest BCUT2D eigenvalue weighted by molar-refractivity contribution is 5.92. The number of carbonyl (C=O) groups excluding carboxylic acids is 1. The van der Waals surface area contributed by atoms with Gasteiger partial charge in [0, 0.05) is 20.2 Å². The number of carbonyl (C=O) groups is 1. The molecule has 5 heteroatoms. The van der Waals surface area contributed by atoms with Crippen molar-refractivity contribution in [2.45, 2.75) is 31.4 Å². The number of aromatic nitrogens is 1. The zero-order valence-electron chi connectivity index (χ0n) is 10.8. The van der Waals surface area contributed by atoms with Gasteiger partial charge in [-0.25, -0.2) is 4.98 Å². The summed E-state index contributed by atoms with van der Waals surface area (Å²) in [6, 6.07) is 5.56. The number of methoxy groups -OCH3 is 1. The Hall–Kier alpha value is -1.62. The quantitative estimate of drug-likeness (QED) is 0.847. The van der Waals surface area contributed by atoms with Gasteiger partial charge < -0.3 is 15.4 Å². The first-order chi connectivity index (χ1) is 8.72. The number of nitrogens with one attached hydrogen (secondary N) is 2. The fourth-order valence-electron chi connectivity index (χ4n) is 2.25. The largest absolute Gasteiger partial charge is 0.381 e. The van der Waals surface area contributed by atoms with Gasteiger partial charge in [-0.15, -0.1) is 0 Å². The number of ether oxygens (including phenoxy) is 1. The summed E-state index contributed by atoms with van der Waals surface area (Å²) in [4.78, 5) is 16.2. The molecular weight excluding hydrogens is 230 g/mol. The standard InChI is InChI=1S/C13H19N3O2/c1-14-12-5-3-4-11(16-12)13(17)15-9-6-7-10(8-9)18-2/h3-5,9-10H,6-8H2,1-2H3,(H,14,16)(H,15,17). The highest BCUT2D eigenvalue weighted by atomic mass is 16.5. The molecule has 2 atom stereocenters. The molecule has 0 spiro atoms. The van der Waals surface area contributed by atoms with Crippen LogP contribution in [0, 0.1) is 0 Å². The average molecular weight is 249 g/mol. The van der Waals surface area contributed by atoms with Gasteiger partial charge in [-0.05, 0) is 31.4 Å². The van der Waals surface area contributed by atoms with Crippen LogP contribution in [0.15, 0.2) is 18.2 Å². The van der Waals surface area contributed by atoms with Gasteiger partial charge in [0.15, 0.2) is 0 Å². The van der Waals surface area contributed by atoms with E-state index in [0.717, 1.165) is 19.3 Å². The maximum Gasteiger partial charge on any atom is 0.270 e. The summed E-state index contributed by atoms with van der Waals surface area (Å²) >= 11 is 0. The van der Waals surface area contributed by atoms with Crippen molar-refractivity contribution in [3.05, 3.63) is 23.9 Å². The minimum Gasteiger partial charge on any atom is -0.381 e. The lowest BCUT2D eigenvalue weighted by Gasteiger charge is -2.12. The van der Waals surface area contributed by atoms with Gasteiger partial charge in [-0.3, -0.25) is 4.79 Å². The van der Waals surface area contributed by atoms with Gasteiger partial charge >= 0.3 is 0 Å². The zero-order valence-corrected chi connectivity index (χ0v) is 10.8. The van der Waals surface area contributed by atoms with Crippen LogP contribution in [0.4, 0.5) is 5.82 Å². The lowest BCUT2D eigenvalue weighted by Crippen LogP contribution is -2.34. The summed E-state index contributed by atoms with van der Waals surface area (Å²) in [5.41, 5.74) is 0.447. The van der Waals surface area contributed by atoms with Crippen LogP contribution >= 0.6 is 0 Å². The Balaban J connectivity index is 1.95. The maximum absolute atomic E-state index is 12.0. The summed E-state index contributed by atoms with van der Waals surface area (Å²) in [6.07, 6.45) is 3.13. The minimum atomic E-state index is -0.117. The van der Waals surface area contributed by atoms with Gasteiger partial charge in [0.25, 0.3) is 5.91 Å². The molecule has 1 amide bonds. The van der Waals surface area contributed by atoms with E-state index in [1.54, 1.807) is 20.2 Å². The molecule has 0 aliphatic heterocycles. The Morgan fingerprint density at radius 1 is 1.44 bits per heavy atom. The molecule has 2 rings (SSSR count). The van der Waals surface area contributed by atoms with E-state index in [9.17, 15) is 4.79 Å². The van der Waals surface area contributed by atoms with Crippen LogP contribution in [0.25, 0.3) is 0 Å². The molecule has 1 aliphatic carbocycles. The molecule has 2 unspecified atom stereocenters. The van der Waals surface area contributed by atoms with Gasteiger partial charge in [0.05, 0.1) is 6.10 Å². The third-order valence-electron chi connectivity index (χ3n) is 3.29. The second kappa shape index (κ2) is 5.82. The maximum atomic E-state index is 12.0.